The molecule has 0 spiro atoms. The minimum absolute atomic E-state index is 0.142. The van der Waals surface area contributed by atoms with Crippen LogP contribution in [0.25, 0.3) is 32.2 Å². The molecule has 6 rings (SSSR count). The topological polar surface area (TPSA) is 110 Å². The molecule has 210 valence electrons. The highest BCUT2D eigenvalue weighted by Crippen LogP contribution is 2.43. The third-order valence-electron chi connectivity index (χ3n) is 7.19. The van der Waals surface area contributed by atoms with Gasteiger partial charge in [0.1, 0.15) is 11.1 Å². The molecule has 3 unspecified atom stereocenters. The third kappa shape index (κ3) is 4.90. The van der Waals surface area contributed by atoms with Crippen molar-refractivity contribution in [1.82, 2.24) is 15.0 Å². The molecule has 3 atom stereocenters. The van der Waals surface area contributed by atoms with Gasteiger partial charge < -0.3 is 20.1 Å². The Bertz CT molecular complexity index is 1620. The van der Waals surface area contributed by atoms with E-state index >= 15 is 0 Å². The number of ether oxygens (including phenoxy) is 2. The maximum absolute atomic E-state index is 14.7. The minimum atomic E-state index is -0.497. The van der Waals surface area contributed by atoms with Crippen molar-refractivity contribution in [2.24, 2.45) is 5.92 Å². The summed E-state index contributed by atoms with van der Waals surface area (Å²) in [5.74, 6) is 0.518. The molecule has 1 fully saturated rings. The van der Waals surface area contributed by atoms with Gasteiger partial charge in [-0.25, -0.2) is 14.4 Å². The summed E-state index contributed by atoms with van der Waals surface area (Å²) >= 11 is 1.06. The lowest BCUT2D eigenvalue weighted by molar-refractivity contribution is 0.0436. The van der Waals surface area contributed by atoms with Gasteiger partial charge in [-0.15, -0.1) is 20.6 Å². The van der Waals surface area contributed by atoms with Gasteiger partial charge in [0.05, 0.1) is 47.0 Å². The number of nitrogens with two attached hydrogens (primary N) is 1. The van der Waals surface area contributed by atoms with Crippen molar-refractivity contribution in [2.45, 2.75) is 59.9 Å². The number of pyridine rings is 1. The van der Waals surface area contributed by atoms with Crippen LogP contribution in [-0.2, 0) is 22.7 Å². The summed E-state index contributed by atoms with van der Waals surface area (Å²) in [4.78, 5) is 16.4. The van der Waals surface area contributed by atoms with Gasteiger partial charge in [-0.1, -0.05) is 34.1 Å². The smallest absolute Gasteiger partial charge is 0.225 e. The fourth-order valence-electron chi connectivity index (χ4n) is 5.37. The third-order valence-corrected chi connectivity index (χ3v) is 8.78. The number of nitrogen functional groups attached to an aromatic ring is 1. The van der Waals surface area contributed by atoms with E-state index in [1.54, 1.807) is 0 Å². The number of benzene rings is 1. The molecule has 1 aromatic carbocycles. The van der Waals surface area contributed by atoms with Crippen LogP contribution >= 0.6 is 20.6 Å². The van der Waals surface area contributed by atoms with Crippen molar-refractivity contribution in [3.05, 3.63) is 34.9 Å². The van der Waals surface area contributed by atoms with Crippen molar-refractivity contribution in [1.29, 1.82) is 5.26 Å². The molecule has 1 saturated heterocycles. The molecule has 0 saturated carbocycles. The zero-order valence-electron chi connectivity index (χ0n) is 23.3. The van der Waals surface area contributed by atoms with Crippen LogP contribution in [0.1, 0.15) is 57.2 Å². The normalized spacial score (nSPS) is 18.2. The van der Waals surface area contributed by atoms with Crippen LogP contribution in [0.15, 0.2) is 12.4 Å². The first-order valence-corrected chi connectivity index (χ1v) is 15.0. The standard InChI is InChI=1S/C26H26FN6O2PS.C3H8/c1-3-4-35-18-9-33(8-12(18)2)26-31-6-14-15-10-34-11-16(15)19(23(36)21(14)32-26)22-20-13(5-28)25(29)37-24(20)17(27)7-30-22;1-3-2/h6-7,12,18H,3-4,8-11,29,36H2,1-2H3;3H2,1-2H3. The van der Waals surface area contributed by atoms with Gasteiger partial charge in [0.15, 0.2) is 5.82 Å². The van der Waals surface area contributed by atoms with Crippen molar-refractivity contribution in [3.63, 3.8) is 0 Å². The second kappa shape index (κ2) is 11.9. The molecule has 0 amide bonds. The summed E-state index contributed by atoms with van der Waals surface area (Å²) in [5.41, 5.74) is 10.3. The number of hydrogen-bond donors (Lipinski definition) is 1. The molecule has 2 N–H and O–H groups in total. The Morgan fingerprint density at radius 3 is 2.70 bits per heavy atom. The van der Waals surface area contributed by atoms with Crippen molar-refractivity contribution < 1.29 is 13.9 Å². The SMILES string of the molecule is CCC.CCCOC1CN(c2ncc3c4c(c(-c5ncc(F)c6sc(N)c(C#N)c56)c(P)c3n2)COC4)CC1C. The van der Waals surface area contributed by atoms with E-state index in [1.807, 2.05) is 6.20 Å². The number of aromatic nitrogens is 3. The fraction of sp³-hybridized carbons (Fsp3) is 0.448. The van der Waals surface area contributed by atoms with Crippen LogP contribution < -0.4 is 15.9 Å². The molecule has 11 heteroatoms. The van der Waals surface area contributed by atoms with Gasteiger partial charge in [0, 0.05) is 53.5 Å². The average molecular weight is 581 g/mol. The van der Waals surface area contributed by atoms with Crippen LogP contribution in [-0.4, -0.2) is 40.8 Å². The van der Waals surface area contributed by atoms with Gasteiger partial charge in [-0.05, 0) is 17.5 Å². The van der Waals surface area contributed by atoms with Crippen molar-refractivity contribution >= 4 is 57.8 Å². The Labute approximate surface area is 239 Å². The highest BCUT2D eigenvalue weighted by Gasteiger charge is 2.33. The highest BCUT2D eigenvalue weighted by atomic mass is 32.1. The number of nitrogens with zero attached hydrogens (tertiary/aromatic N) is 5. The van der Waals surface area contributed by atoms with Gasteiger partial charge in [-0.2, -0.15) is 5.26 Å². The predicted molar refractivity (Wildman–Crippen MR) is 162 cm³/mol. The molecular formula is C29H34FN6O2PS. The number of fused-ring (bicyclic) bond motifs is 4. The first-order valence-electron chi connectivity index (χ1n) is 13.6. The zero-order valence-corrected chi connectivity index (χ0v) is 25.2. The highest BCUT2D eigenvalue weighted by molar-refractivity contribution is 7.29. The fourth-order valence-corrected chi connectivity index (χ4v) is 6.82. The first-order chi connectivity index (χ1) is 19.3. The molecule has 3 aromatic heterocycles. The lowest BCUT2D eigenvalue weighted by Crippen LogP contribution is -2.25. The van der Waals surface area contributed by atoms with Crippen LogP contribution in [0, 0.1) is 23.1 Å². The van der Waals surface area contributed by atoms with Crippen LogP contribution in [0.5, 0.6) is 0 Å². The largest absolute Gasteiger partial charge is 0.389 e. The lowest BCUT2D eigenvalue weighted by atomic mass is 9.94. The molecule has 0 bridgehead atoms. The Balaban J connectivity index is 0.00000103. The minimum Gasteiger partial charge on any atom is -0.389 e. The summed E-state index contributed by atoms with van der Waals surface area (Å²) in [6.45, 7) is 11.6. The van der Waals surface area contributed by atoms with Crippen molar-refractivity contribution in [3.8, 4) is 17.3 Å². The van der Waals surface area contributed by atoms with Crippen LogP contribution in [0.4, 0.5) is 15.3 Å². The summed E-state index contributed by atoms with van der Waals surface area (Å²) < 4.78 is 26.9. The average Bonchev–Trinajstić information content (AvgIpc) is 3.66. The Morgan fingerprint density at radius 2 is 1.98 bits per heavy atom. The van der Waals surface area contributed by atoms with Crippen LogP contribution in [0.2, 0.25) is 0 Å². The van der Waals surface area contributed by atoms with E-state index in [1.165, 1.54) is 12.6 Å². The maximum atomic E-state index is 14.7. The molecule has 40 heavy (non-hydrogen) atoms. The molecule has 8 nitrogen and oxygen atoms in total. The van der Waals surface area contributed by atoms with Gasteiger partial charge in [0.25, 0.3) is 0 Å². The summed E-state index contributed by atoms with van der Waals surface area (Å²) in [6, 6.07) is 2.15. The van der Waals surface area contributed by atoms with Crippen molar-refractivity contribution in [2.75, 3.05) is 30.3 Å². The second-order valence-corrected chi connectivity index (χ2v) is 11.9. The molecule has 5 heterocycles. The molecular weight excluding hydrogens is 546 g/mol. The summed E-state index contributed by atoms with van der Waals surface area (Å²) in [7, 11) is 2.79. The van der Waals surface area contributed by atoms with E-state index in [0.29, 0.717) is 40.9 Å². The molecule has 2 aliphatic rings. The lowest BCUT2D eigenvalue weighted by Gasteiger charge is -2.19. The second-order valence-electron chi connectivity index (χ2n) is 10.3. The van der Waals surface area contributed by atoms with E-state index in [2.05, 4.69) is 52.9 Å². The van der Waals surface area contributed by atoms with E-state index in [-0.39, 0.29) is 16.7 Å². The van der Waals surface area contributed by atoms with E-state index in [9.17, 15) is 9.65 Å². The summed E-state index contributed by atoms with van der Waals surface area (Å²) in [6.07, 6.45) is 5.43. The monoisotopic (exact) mass is 580 g/mol. The van der Waals surface area contributed by atoms with Gasteiger partial charge in [-0.3, -0.25) is 4.98 Å². The number of thiophene rings is 1. The Kier molecular flexibility index (Phi) is 8.48. The molecule has 0 aliphatic carbocycles. The van der Waals surface area contributed by atoms with E-state index in [4.69, 9.17) is 25.2 Å². The number of nitriles is 1. The predicted octanol–water partition coefficient (Wildman–Crippen LogP) is 5.70. The number of rotatable bonds is 5. The molecule has 0 radical (unpaired) electrons. The Morgan fingerprint density at radius 1 is 1.23 bits per heavy atom. The van der Waals surface area contributed by atoms with E-state index in [0.717, 1.165) is 70.4 Å². The van der Waals surface area contributed by atoms with Crippen LogP contribution in [0.3, 0.4) is 0 Å². The summed E-state index contributed by atoms with van der Waals surface area (Å²) in [5, 5.41) is 12.2. The van der Waals surface area contributed by atoms with Gasteiger partial charge in [0.2, 0.25) is 5.95 Å². The first kappa shape index (κ1) is 28.6. The quantitative estimate of drug-likeness (QED) is 0.300. The number of anilines is 2. The number of hydrogen-bond acceptors (Lipinski definition) is 9. The molecule has 2 aliphatic heterocycles. The number of halogens is 1. The van der Waals surface area contributed by atoms with E-state index < -0.39 is 5.82 Å². The molecule has 4 aromatic rings. The zero-order chi connectivity index (χ0) is 28.6. The van der Waals surface area contributed by atoms with Gasteiger partial charge >= 0.3 is 0 Å². The Hall–Kier alpha value is -2.96. The maximum Gasteiger partial charge on any atom is 0.225 e.